The number of carboxylic acids is 1. The standard InChI is InChI=1S/C14H16N2O4/c1-6-7(2)16-20-13(6)15-12(17)10-8-3-4-9(5-8)11(10)14(18)19/h3-4,8-11H,5H2,1-2H3,(H,15,17)(H,18,19)/t8?,9?,10-,11+/m0/s1. The fourth-order valence-corrected chi connectivity index (χ4v) is 3.24. The summed E-state index contributed by atoms with van der Waals surface area (Å²) in [4.78, 5) is 23.8. The monoisotopic (exact) mass is 276 g/mol. The fraction of sp³-hybridized carbons (Fsp3) is 0.500. The Balaban J connectivity index is 1.82. The van der Waals surface area contributed by atoms with Gasteiger partial charge in [-0.2, -0.15) is 0 Å². The Morgan fingerprint density at radius 2 is 1.95 bits per heavy atom. The number of aliphatic carboxylic acids is 1. The number of hydrogen-bond acceptors (Lipinski definition) is 4. The molecule has 2 bridgehead atoms. The van der Waals surface area contributed by atoms with Crippen LogP contribution in [0.5, 0.6) is 0 Å². The van der Waals surface area contributed by atoms with Gasteiger partial charge < -0.3 is 9.63 Å². The van der Waals surface area contributed by atoms with Gasteiger partial charge in [0.2, 0.25) is 11.8 Å². The predicted octanol–water partition coefficient (Wildman–Crippen LogP) is 1.75. The fourth-order valence-electron chi connectivity index (χ4n) is 3.24. The van der Waals surface area contributed by atoms with Crippen LogP contribution in [0.2, 0.25) is 0 Å². The third kappa shape index (κ3) is 1.83. The van der Waals surface area contributed by atoms with Crippen molar-refractivity contribution in [2.75, 3.05) is 5.32 Å². The number of carboxylic acid groups (broad SMARTS) is 1. The lowest BCUT2D eigenvalue weighted by atomic mass is 9.82. The van der Waals surface area contributed by atoms with Gasteiger partial charge >= 0.3 is 5.97 Å². The van der Waals surface area contributed by atoms with E-state index >= 15 is 0 Å². The lowest BCUT2D eigenvalue weighted by Gasteiger charge is -2.23. The van der Waals surface area contributed by atoms with E-state index in [0.717, 1.165) is 12.0 Å². The number of nitrogens with zero attached hydrogens (tertiary/aromatic N) is 1. The summed E-state index contributed by atoms with van der Waals surface area (Å²) in [5.41, 5.74) is 1.48. The zero-order valence-corrected chi connectivity index (χ0v) is 11.3. The minimum atomic E-state index is -0.910. The number of amides is 1. The second kappa shape index (κ2) is 4.47. The van der Waals surface area contributed by atoms with Crippen LogP contribution in [0.4, 0.5) is 5.88 Å². The van der Waals surface area contributed by atoms with Crippen molar-refractivity contribution in [1.29, 1.82) is 0 Å². The van der Waals surface area contributed by atoms with Crippen LogP contribution in [0.3, 0.4) is 0 Å². The minimum absolute atomic E-state index is 0.00502. The number of carbonyl (C=O) groups excluding carboxylic acids is 1. The molecule has 0 radical (unpaired) electrons. The van der Waals surface area contributed by atoms with Crippen molar-refractivity contribution in [2.24, 2.45) is 23.7 Å². The first-order valence-electron chi connectivity index (χ1n) is 6.64. The molecular formula is C14H16N2O4. The number of nitrogens with one attached hydrogen (secondary N) is 1. The molecule has 0 aliphatic heterocycles. The molecule has 2 N–H and O–H groups in total. The average molecular weight is 276 g/mol. The highest BCUT2D eigenvalue weighted by Gasteiger charge is 2.51. The zero-order valence-electron chi connectivity index (χ0n) is 11.3. The average Bonchev–Trinajstić information content (AvgIpc) is 3.08. The molecule has 1 aromatic rings. The summed E-state index contributed by atoms with van der Waals surface area (Å²) in [5.74, 6) is -2.11. The molecule has 20 heavy (non-hydrogen) atoms. The molecule has 1 heterocycles. The number of rotatable bonds is 3. The predicted molar refractivity (Wildman–Crippen MR) is 70.0 cm³/mol. The molecule has 3 rings (SSSR count). The number of anilines is 1. The molecule has 0 aromatic carbocycles. The Labute approximate surface area is 115 Å². The Kier molecular flexibility index (Phi) is 2.88. The summed E-state index contributed by atoms with van der Waals surface area (Å²) in [7, 11) is 0. The van der Waals surface area contributed by atoms with E-state index in [-0.39, 0.29) is 17.7 Å². The molecule has 4 atom stereocenters. The van der Waals surface area contributed by atoms with Crippen molar-refractivity contribution in [3.05, 3.63) is 23.4 Å². The normalized spacial score (nSPS) is 30.7. The van der Waals surface area contributed by atoms with Crippen LogP contribution < -0.4 is 5.32 Å². The molecule has 0 saturated heterocycles. The second-order valence-corrected chi connectivity index (χ2v) is 5.55. The van der Waals surface area contributed by atoms with E-state index in [4.69, 9.17) is 4.52 Å². The largest absolute Gasteiger partial charge is 0.481 e. The number of carbonyl (C=O) groups is 2. The molecule has 2 unspecified atom stereocenters. The zero-order chi connectivity index (χ0) is 14.4. The van der Waals surface area contributed by atoms with Gasteiger partial charge in [-0.3, -0.25) is 14.9 Å². The molecule has 1 aromatic heterocycles. The maximum atomic E-state index is 12.4. The van der Waals surface area contributed by atoms with Gasteiger partial charge in [-0.1, -0.05) is 17.3 Å². The van der Waals surface area contributed by atoms with Crippen LogP contribution in [0.1, 0.15) is 17.7 Å². The van der Waals surface area contributed by atoms with Gasteiger partial charge in [0.1, 0.15) is 0 Å². The lowest BCUT2D eigenvalue weighted by Crippen LogP contribution is -2.36. The van der Waals surface area contributed by atoms with Gasteiger partial charge in [0.05, 0.1) is 17.5 Å². The van der Waals surface area contributed by atoms with Gasteiger partial charge in [-0.15, -0.1) is 0 Å². The highest BCUT2D eigenvalue weighted by atomic mass is 16.5. The molecule has 6 nitrogen and oxygen atoms in total. The van der Waals surface area contributed by atoms with Crippen molar-refractivity contribution >= 4 is 17.8 Å². The Morgan fingerprint density at radius 3 is 2.50 bits per heavy atom. The first-order chi connectivity index (χ1) is 9.49. The van der Waals surface area contributed by atoms with Gasteiger partial charge in [0, 0.05) is 5.56 Å². The SMILES string of the molecule is Cc1noc(NC(=O)[C@H]2C3C=CC(C3)[C@H]2C(=O)O)c1C. The third-order valence-electron chi connectivity index (χ3n) is 4.44. The Bertz CT molecular complexity index is 604. The molecule has 1 amide bonds. The maximum Gasteiger partial charge on any atom is 0.307 e. The van der Waals surface area contributed by atoms with E-state index in [1.54, 1.807) is 13.8 Å². The van der Waals surface area contributed by atoms with Gasteiger partial charge in [0.15, 0.2) is 0 Å². The van der Waals surface area contributed by atoms with E-state index < -0.39 is 17.8 Å². The van der Waals surface area contributed by atoms with E-state index in [1.165, 1.54) is 0 Å². The van der Waals surface area contributed by atoms with Crippen molar-refractivity contribution in [1.82, 2.24) is 5.16 Å². The summed E-state index contributed by atoms with van der Waals surface area (Å²) >= 11 is 0. The molecule has 1 fully saturated rings. The highest BCUT2D eigenvalue weighted by Crippen LogP contribution is 2.48. The molecular weight excluding hydrogens is 260 g/mol. The minimum Gasteiger partial charge on any atom is -0.481 e. The van der Waals surface area contributed by atoms with Crippen LogP contribution in [0, 0.1) is 37.5 Å². The Morgan fingerprint density at radius 1 is 1.30 bits per heavy atom. The summed E-state index contributed by atoms with van der Waals surface area (Å²) < 4.78 is 5.05. The van der Waals surface area contributed by atoms with Crippen LogP contribution in [-0.2, 0) is 9.59 Å². The quantitative estimate of drug-likeness (QED) is 0.820. The first kappa shape index (κ1) is 12.9. The van der Waals surface area contributed by atoms with Crippen molar-refractivity contribution in [2.45, 2.75) is 20.3 Å². The second-order valence-electron chi connectivity index (χ2n) is 5.55. The third-order valence-corrected chi connectivity index (χ3v) is 4.44. The van der Waals surface area contributed by atoms with Crippen LogP contribution in [0.25, 0.3) is 0 Å². The summed E-state index contributed by atoms with van der Waals surface area (Å²) in [6.45, 7) is 3.59. The number of allylic oxidation sites excluding steroid dienone is 2. The first-order valence-corrected chi connectivity index (χ1v) is 6.64. The maximum absolute atomic E-state index is 12.4. The van der Waals surface area contributed by atoms with E-state index in [1.807, 2.05) is 12.2 Å². The number of fused-ring (bicyclic) bond motifs is 2. The van der Waals surface area contributed by atoms with Gasteiger partial charge in [0.25, 0.3) is 0 Å². The van der Waals surface area contributed by atoms with Gasteiger partial charge in [-0.25, -0.2) is 0 Å². The summed E-state index contributed by atoms with van der Waals surface area (Å²) in [6, 6.07) is 0. The molecule has 1 saturated carbocycles. The lowest BCUT2D eigenvalue weighted by molar-refractivity contribution is -0.146. The summed E-state index contributed by atoms with van der Waals surface area (Å²) in [5, 5.41) is 15.8. The smallest absolute Gasteiger partial charge is 0.307 e. The number of aryl methyl sites for hydroxylation is 1. The molecule has 2 aliphatic carbocycles. The van der Waals surface area contributed by atoms with Crippen molar-refractivity contribution < 1.29 is 19.2 Å². The molecule has 2 aliphatic rings. The van der Waals surface area contributed by atoms with Crippen LogP contribution >= 0.6 is 0 Å². The number of hydrogen-bond donors (Lipinski definition) is 2. The van der Waals surface area contributed by atoms with Crippen molar-refractivity contribution in [3.63, 3.8) is 0 Å². The summed E-state index contributed by atoms with van der Waals surface area (Å²) in [6.07, 6.45) is 4.60. The van der Waals surface area contributed by atoms with E-state index in [2.05, 4.69) is 10.5 Å². The van der Waals surface area contributed by atoms with E-state index in [0.29, 0.717) is 11.6 Å². The van der Waals surface area contributed by atoms with Crippen LogP contribution in [-0.4, -0.2) is 22.1 Å². The molecule has 6 heteroatoms. The van der Waals surface area contributed by atoms with E-state index in [9.17, 15) is 14.7 Å². The van der Waals surface area contributed by atoms with Gasteiger partial charge in [-0.05, 0) is 32.1 Å². The van der Waals surface area contributed by atoms with Crippen molar-refractivity contribution in [3.8, 4) is 0 Å². The highest BCUT2D eigenvalue weighted by molar-refractivity contribution is 5.95. The topological polar surface area (TPSA) is 92.4 Å². The van der Waals surface area contributed by atoms with Crippen LogP contribution in [0.15, 0.2) is 16.7 Å². The Hall–Kier alpha value is -2.11. The molecule has 106 valence electrons. The number of aromatic nitrogens is 1. The molecule has 0 spiro atoms.